The number of aliphatic hydroxyl groups is 1. The zero-order valence-electron chi connectivity index (χ0n) is 10.6. The maximum absolute atomic E-state index is 11.6. The van der Waals surface area contributed by atoms with Crippen molar-refractivity contribution in [2.24, 2.45) is 0 Å². The number of carbonyl (C=O) groups is 1. The maximum atomic E-state index is 11.6. The smallest absolute Gasteiger partial charge is 0.236 e. The molecule has 1 aromatic rings. The molecule has 5 nitrogen and oxygen atoms in total. The van der Waals surface area contributed by atoms with Gasteiger partial charge in [0.25, 0.3) is 0 Å². The Labute approximate surface area is 110 Å². The summed E-state index contributed by atoms with van der Waals surface area (Å²) in [7, 11) is 0. The van der Waals surface area contributed by atoms with Crippen LogP contribution < -0.4 is 5.32 Å². The van der Waals surface area contributed by atoms with Crippen LogP contribution in [0.3, 0.4) is 0 Å². The lowest BCUT2D eigenvalue weighted by atomic mass is 10.2. The molecule has 1 atom stereocenters. The lowest BCUT2D eigenvalue weighted by Gasteiger charge is -2.06. The fraction of sp³-hybridized carbons (Fsp3) is 0.500. The van der Waals surface area contributed by atoms with Crippen molar-refractivity contribution in [1.29, 1.82) is 5.26 Å². The average molecular weight is 268 g/mol. The molecule has 6 heteroatoms. The summed E-state index contributed by atoms with van der Waals surface area (Å²) < 4.78 is 5.33. The molecule has 18 heavy (non-hydrogen) atoms. The van der Waals surface area contributed by atoms with Gasteiger partial charge in [-0.1, -0.05) is 6.92 Å². The number of nitriles is 1. The third kappa shape index (κ3) is 3.52. The van der Waals surface area contributed by atoms with Gasteiger partial charge in [0.1, 0.15) is 17.4 Å². The molecule has 1 aromatic heterocycles. The predicted molar refractivity (Wildman–Crippen MR) is 70.5 cm³/mol. The van der Waals surface area contributed by atoms with Crippen LogP contribution in [0, 0.1) is 25.2 Å². The molecule has 98 valence electrons. The predicted octanol–water partition coefficient (Wildman–Crippen LogP) is 1.82. The van der Waals surface area contributed by atoms with Crippen LogP contribution >= 0.6 is 11.8 Å². The number of amides is 1. The highest BCUT2D eigenvalue weighted by Crippen LogP contribution is 2.25. The molecule has 0 aliphatic heterocycles. The van der Waals surface area contributed by atoms with E-state index in [2.05, 4.69) is 5.32 Å². The lowest BCUT2D eigenvalue weighted by molar-refractivity contribution is -0.113. The molecule has 0 fully saturated rings. The Bertz CT molecular complexity index is 476. The highest BCUT2D eigenvalue weighted by Gasteiger charge is 2.16. The van der Waals surface area contributed by atoms with Crippen LogP contribution in [-0.4, -0.2) is 28.6 Å². The van der Waals surface area contributed by atoms with Crippen LogP contribution in [0.25, 0.3) is 0 Å². The highest BCUT2D eigenvalue weighted by atomic mass is 32.2. The van der Waals surface area contributed by atoms with Gasteiger partial charge >= 0.3 is 0 Å². The first-order valence-corrected chi connectivity index (χ1v) is 6.56. The van der Waals surface area contributed by atoms with Crippen LogP contribution in [0.5, 0.6) is 0 Å². The van der Waals surface area contributed by atoms with E-state index in [1.165, 1.54) is 11.8 Å². The van der Waals surface area contributed by atoms with E-state index < -0.39 is 0 Å². The average Bonchev–Trinajstić information content (AvgIpc) is 2.61. The summed E-state index contributed by atoms with van der Waals surface area (Å²) in [5, 5.41) is 20.4. The summed E-state index contributed by atoms with van der Waals surface area (Å²) in [6, 6.07) is 2.01. The normalized spacial score (nSPS) is 11.9. The monoisotopic (exact) mass is 268 g/mol. The second kappa shape index (κ2) is 6.47. The van der Waals surface area contributed by atoms with Gasteiger partial charge in [-0.2, -0.15) is 5.26 Å². The molecule has 1 heterocycles. The first kappa shape index (κ1) is 14.6. The van der Waals surface area contributed by atoms with Crippen LogP contribution in [0.4, 0.5) is 5.88 Å². The second-order valence-corrected chi connectivity index (χ2v) is 5.38. The van der Waals surface area contributed by atoms with Crippen molar-refractivity contribution in [2.75, 3.05) is 17.7 Å². The molecule has 0 aromatic carbocycles. The third-order valence-electron chi connectivity index (χ3n) is 2.51. The van der Waals surface area contributed by atoms with Gasteiger partial charge < -0.3 is 9.52 Å². The quantitative estimate of drug-likeness (QED) is 0.850. The Morgan fingerprint density at radius 3 is 2.83 bits per heavy atom. The number of thioether (sulfide) groups is 1. The van der Waals surface area contributed by atoms with Gasteiger partial charge in [-0.3, -0.25) is 10.1 Å². The van der Waals surface area contributed by atoms with Crippen LogP contribution in [0.2, 0.25) is 0 Å². The minimum absolute atomic E-state index is 0.00580. The van der Waals surface area contributed by atoms with E-state index in [1.54, 1.807) is 13.8 Å². The van der Waals surface area contributed by atoms with E-state index in [0.717, 1.165) is 5.56 Å². The Morgan fingerprint density at radius 2 is 2.28 bits per heavy atom. The summed E-state index contributed by atoms with van der Waals surface area (Å²) in [6.45, 7) is 5.38. The number of nitrogens with zero attached hydrogens (tertiary/aromatic N) is 1. The van der Waals surface area contributed by atoms with Gasteiger partial charge in [0.15, 0.2) is 0 Å². The van der Waals surface area contributed by atoms with Gasteiger partial charge in [-0.15, -0.1) is 11.8 Å². The summed E-state index contributed by atoms with van der Waals surface area (Å²) in [5.41, 5.74) is 1.10. The molecule has 0 bridgehead atoms. The van der Waals surface area contributed by atoms with E-state index in [0.29, 0.717) is 11.3 Å². The van der Waals surface area contributed by atoms with Gasteiger partial charge in [0.2, 0.25) is 11.8 Å². The number of aliphatic hydroxyl groups excluding tert-OH is 1. The fourth-order valence-corrected chi connectivity index (χ4v) is 1.90. The van der Waals surface area contributed by atoms with Crippen molar-refractivity contribution in [2.45, 2.75) is 26.0 Å². The third-order valence-corrected chi connectivity index (χ3v) is 3.65. The minimum Gasteiger partial charge on any atom is -0.444 e. The largest absolute Gasteiger partial charge is 0.444 e. The maximum Gasteiger partial charge on any atom is 0.236 e. The van der Waals surface area contributed by atoms with Crippen molar-refractivity contribution in [3.63, 3.8) is 0 Å². The van der Waals surface area contributed by atoms with E-state index in [-0.39, 0.29) is 29.4 Å². The van der Waals surface area contributed by atoms with Gasteiger partial charge in [-0.25, -0.2) is 0 Å². The zero-order chi connectivity index (χ0) is 13.7. The zero-order valence-corrected chi connectivity index (χ0v) is 11.4. The summed E-state index contributed by atoms with van der Waals surface area (Å²) >= 11 is 1.34. The minimum atomic E-state index is -0.245. The molecule has 0 spiro atoms. The SMILES string of the molecule is Cc1oc(NC(=O)CSC(C)CO)c(C#N)c1C. The van der Waals surface area contributed by atoms with Crippen molar-refractivity contribution in [3.05, 3.63) is 16.9 Å². The number of hydrogen-bond acceptors (Lipinski definition) is 5. The molecule has 1 rings (SSSR count). The van der Waals surface area contributed by atoms with E-state index in [4.69, 9.17) is 14.8 Å². The molecule has 0 saturated carbocycles. The first-order chi connectivity index (χ1) is 8.49. The number of aryl methyl sites for hydroxylation is 1. The van der Waals surface area contributed by atoms with Crippen molar-refractivity contribution in [1.82, 2.24) is 0 Å². The van der Waals surface area contributed by atoms with Crippen LogP contribution in [-0.2, 0) is 4.79 Å². The molecule has 0 aliphatic rings. The van der Waals surface area contributed by atoms with Crippen molar-refractivity contribution < 1.29 is 14.3 Å². The number of anilines is 1. The number of nitrogens with one attached hydrogen (secondary N) is 1. The van der Waals surface area contributed by atoms with Crippen molar-refractivity contribution >= 4 is 23.6 Å². The number of hydrogen-bond donors (Lipinski definition) is 2. The second-order valence-electron chi connectivity index (χ2n) is 3.95. The van der Waals surface area contributed by atoms with E-state index in [9.17, 15) is 4.79 Å². The van der Waals surface area contributed by atoms with Gasteiger partial charge in [0.05, 0.1) is 12.4 Å². The topological polar surface area (TPSA) is 86.3 Å². The molecule has 2 N–H and O–H groups in total. The summed E-state index contributed by atoms with van der Waals surface area (Å²) in [4.78, 5) is 11.6. The van der Waals surface area contributed by atoms with Crippen LogP contribution in [0.15, 0.2) is 4.42 Å². The number of carbonyl (C=O) groups excluding carboxylic acids is 1. The molecular formula is C12H16N2O3S. The van der Waals surface area contributed by atoms with Gasteiger partial charge in [-0.05, 0) is 13.8 Å². The van der Waals surface area contributed by atoms with Crippen LogP contribution in [0.1, 0.15) is 23.8 Å². The Balaban J connectivity index is 2.66. The van der Waals surface area contributed by atoms with E-state index >= 15 is 0 Å². The summed E-state index contributed by atoms with van der Waals surface area (Å²) in [5.74, 6) is 0.796. The summed E-state index contributed by atoms with van der Waals surface area (Å²) in [6.07, 6.45) is 0. The Hall–Kier alpha value is -1.45. The van der Waals surface area contributed by atoms with E-state index in [1.807, 2.05) is 13.0 Å². The molecule has 1 amide bonds. The molecular weight excluding hydrogens is 252 g/mol. The highest BCUT2D eigenvalue weighted by molar-refractivity contribution is 8.00. The first-order valence-electron chi connectivity index (χ1n) is 5.52. The molecule has 0 radical (unpaired) electrons. The molecule has 1 unspecified atom stereocenters. The number of rotatable bonds is 5. The Morgan fingerprint density at radius 1 is 1.61 bits per heavy atom. The Kier molecular flexibility index (Phi) is 5.25. The number of furan rings is 1. The lowest BCUT2D eigenvalue weighted by Crippen LogP contribution is -2.17. The standard InChI is InChI=1S/C12H16N2O3S/c1-7(5-15)18-6-11(16)14-12-10(4-13)8(2)9(3)17-12/h7,15H,5-6H2,1-3H3,(H,14,16). The fourth-order valence-electron chi connectivity index (χ4n) is 1.28. The van der Waals surface area contributed by atoms with Gasteiger partial charge in [0, 0.05) is 10.8 Å². The molecule has 0 saturated heterocycles. The van der Waals surface area contributed by atoms with Crippen molar-refractivity contribution in [3.8, 4) is 6.07 Å². The molecule has 0 aliphatic carbocycles.